The minimum absolute atomic E-state index is 0.820. The van der Waals surface area contributed by atoms with Crippen LogP contribution >= 0.6 is 0 Å². The van der Waals surface area contributed by atoms with Crippen molar-refractivity contribution in [3.8, 4) is 0 Å². The zero-order valence-corrected chi connectivity index (χ0v) is 6.60. The van der Waals surface area contributed by atoms with Crippen LogP contribution in [-0.4, -0.2) is 5.16 Å². The first-order valence-corrected chi connectivity index (χ1v) is 3.88. The maximum Gasteiger partial charge on any atom is 0.141 e. The summed E-state index contributed by atoms with van der Waals surface area (Å²) in [4.78, 5) is 0. The van der Waals surface area contributed by atoms with E-state index >= 15 is 0 Å². The highest BCUT2D eigenvalue weighted by molar-refractivity contribution is 5.19. The molecule has 0 saturated heterocycles. The van der Waals surface area contributed by atoms with Gasteiger partial charge in [-0.15, -0.1) is 0 Å². The molecule has 12 heavy (non-hydrogen) atoms. The molecule has 60 valence electrons. The van der Waals surface area contributed by atoms with Gasteiger partial charge in [0, 0.05) is 12.5 Å². The lowest BCUT2D eigenvalue weighted by molar-refractivity contribution is 0.389. The first-order valence-electron chi connectivity index (χ1n) is 3.88. The third-order valence-corrected chi connectivity index (χ3v) is 1.71. The van der Waals surface area contributed by atoms with Gasteiger partial charge in [0.05, 0.1) is 6.20 Å². The molecule has 0 spiro atoms. The molecule has 0 aliphatic heterocycles. The molecule has 1 heterocycles. The second-order valence-corrected chi connectivity index (χ2v) is 2.64. The molecule has 0 saturated carbocycles. The van der Waals surface area contributed by atoms with Crippen molar-refractivity contribution in [1.29, 1.82) is 0 Å². The molecule has 0 unspecified atom stereocenters. The summed E-state index contributed by atoms with van der Waals surface area (Å²) < 4.78 is 4.99. The number of aromatic nitrogens is 1. The molecule has 2 nitrogen and oxygen atoms in total. The molecule has 1 aromatic carbocycles. The van der Waals surface area contributed by atoms with Gasteiger partial charge in [-0.2, -0.15) is 0 Å². The van der Waals surface area contributed by atoms with Gasteiger partial charge in [0.2, 0.25) is 0 Å². The largest absolute Gasteiger partial charge is 0.361 e. The van der Waals surface area contributed by atoms with Crippen molar-refractivity contribution in [1.82, 2.24) is 5.16 Å². The van der Waals surface area contributed by atoms with E-state index in [1.807, 2.05) is 24.3 Å². The third kappa shape index (κ3) is 1.53. The van der Waals surface area contributed by atoms with Gasteiger partial charge >= 0.3 is 0 Å². The van der Waals surface area contributed by atoms with Crippen molar-refractivity contribution in [3.05, 3.63) is 53.9 Å². The second-order valence-electron chi connectivity index (χ2n) is 2.64. The van der Waals surface area contributed by atoms with E-state index in [4.69, 9.17) is 4.52 Å². The van der Waals surface area contributed by atoms with Crippen LogP contribution in [0.25, 0.3) is 0 Å². The Bertz CT molecular complexity index is 326. The van der Waals surface area contributed by atoms with Gasteiger partial charge in [0.15, 0.2) is 0 Å². The van der Waals surface area contributed by atoms with Crippen LogP contribution in [0.2, 0.25) is 0 Å². The summed E-state index contributed by atoms with van der Waals surface area (Å²) in [6, 6.07) is 12.1. The third-order valence-electron chi connectivity index (χ3n) is 1.71. The molecule has 1 aromatic heterocycles. The van der Waals surface area contributed by atoms with Gasteiger partial charge in [-0.25, -0.2) is 0 Å². The van der Waals surface area contributed by atoms with Crippen molar-refractivity contribution in [3.63, 3.8) is 0 Å². The minimum Gasteiger partial charge on any atom is -0.361 e. The lowest BCUT2D eigenvalue weighted by atomic mass is 10.1. The van der Waals surface area contributed by atoms with Crippen LogP contribution in [0.1, 0.15) is 11.3 Å². The van der Waals surface area contributed by atoms with Crippen molar-refractivity contribution < 1.29 is 4.52 Å². The van der Waals surface area contributed by atoms with Gasteiger partial charge in [-0.1, -0.05) is 35.5 Å². The summed E-state index contributed by atoms with van der Waals surface area (Å²) in [6.07, 6.45) is 2.49. The molecule has 0 amide bonds. The first kappa shape index (κ1) is 7.10. The van der Waals surface area contributed by atoms with E-state index in [1.54, 1.807) is 6.20 Å². The number of hydrogen-bond donors (Lipinski definition) is 0. The number of nitrogens with zero attached hydrogens (tertiary/aromatic N) is 1. The number of rotatable bonds is 2. The van der Waals surface area contributed by atoms with Crippen LogP contribution in [-0.2, 0) is 6.42 Å². The topological polar surface area (TPSA) is 26.0 Å². The van der Waals surface area contributed by atoms with Gasteiger partial charge in [-0.3, -0.25) is 0 Å². The number of hydrogen-bond acceptors (Lipinski definition) is 2. The van der Waals surface area contributed by atoms with E-state index in [0.717, 1.165) is 12.2 Å². The van der Waals surface area contributed by atoms with Crippen LogP contribution in [0, 0.1) is 0 Å². The van der Waals surface area contributed by atoms with Crippen LogP contribution in [0.4, 0.5) is 0 Å². The van der Waals surface area contributed by atoms with Crippen molar-refractivity contribution >= 4 is 0 Å². The average molecular weight is 159 g/mol. The Morgan fingerprint density at radius 1 is 1.08 bits per heavy atom. The van der Waals surface area contributed by atoms with Crippen molar-refractivity contribution in [2.75, 3.05) is 0 Å². The van der Waals surface area contributed by atoms with E-state index < -0.39 is 0 Å². The molecule has 0 bridgehead atoms. The molecule has 0 atom stereocenters. The zero-order chi connectivity index (χ0) is 8.23. The van der Waals surface area contributed by atoms with Gasteiger partial charge < -0.3 is 4.52 Å². The lowest BCUT2D eigenvalue weighted by Gasteiger charge is -1.94. The zero-order valence-electron chi connectivity index (χ0n) is 6.60. The molecule has 0 N–H and O–H groups in total. The summed E-state index contributed by atoms with van der Waals surface area (Å²) in [5, 5.41) is 3.64. The monoisotopic (exact) mass is 159 g/mol. The van der Waals surface area contributed by atoms with E-state index in [-0.39, 0.29) is 0 Å². The molecule has 0 radical (unpaired) electrons. The normalized spacial score (nSPS) is 10.0. The fraction of sp³-hybridized carbons (Fsp3) is 0.100. The Morgan fingerprint density at radius 3 is 2.58 bits per heavy atom. The fourth-order valence-electron chi connectivity index (χ4n) is 1.13. The minimum atomic E-state index is 0.820. The highest BCUT2D eigenvalue weighted by Gasteiger charge is 1.97. The van der Waals surface area contributed by atoms with Crippen LogP contribution in [0.15, 0.2) is 47.1 Å². The van der Waals surface area contributed by atoms with Crippen LogP contribution in [0.5, 0.6) is 0 Å². The highest BCUT2D eigenvalue weighted by atomic mass is 16.5. The van der Waals surface area contributed by atoms with Gasteiger partial charge in [-0.05, 0) is 5.56 Å². The predicted octanol–water partition coefficient (Wildman–Crippen LogP) is 2.27. The molecule has 2 heteroatoms. The SMILES string of the molecule is c1ccc(Cc2ccno2)cc1. The molecular formula is C10H9NO. The summed E-state index contributed by atoms with van der Waals surface area (Å²) in [6.45, 7) is 0. The molecule has 0 aliphatic rings. The Morgan fingerprint density at radius 2 is 1.92 bits per heavy atom. The maximum absolute atomic E-state index is 4.99. The van der Waals surface area contributed by atoms with Crippen molar-refractivity contribution in [2.24, 2.45) is 0 Å². The van der Waals surface area contributed by atoms with E-state index in [9.17, 15) is 0 Å². The fourth-order valence-corrected chi connectivity index (χ4v) is 1.13. The maximum atomic E-state index is 4.99. The lowest BCUT2D eigenvalue weighted by Crippen LogP contribution is -1.83. The molecule has 0 aliphatic carbocycles. The Kier molecular flexibility index (Phi) is 1.90. The summed E-state index contributed by atoms with van der Waals surface area (Å²) in [5.74, 6) is 0.904. The summed E-state index contributed by atoms with van der Waals surface area (Å²) >= 11 is 0. The van der Waals surface area contributed by atoms with Crippen molar-refractivity contribution in [2.45, 2.75) is 6.42 Å². The number of benzene rings is 1. The summed E-state index contributed by atoms with van der Waals surface area (Å²) in [5.41, 5.74) is 1.24. The van der Waals surface area contributed by atoms with Crippen LogP contribution < -0.4 is 0 Å². The molecule has 0 fully saturated rings. The first-order chi connectivity index (χ1) is 5.95. The standard InChI is InChI=1S/C10H9NO/c1-2-4-9(5-3-1)8-10-6-7-11-12-10/h1-7H,8H2. The van der Waals surface area contributed by atoms with Crippen LogP contribution in [0.3, 0.4) is 0 Å². The predicted molar refractivity (Wildman–Crippen MR) is 45.8 cm³/mol. The highest BCUT2D eigenvalue weighted by Crippen LogP contribution is 2.07. The molecule has 2 rings (SSSR count). The molecule has 2 aromatic rings. The Hall–Kier alpha value is -1.57. The van der Waals surface area contributed by atoms with Gasteiger partial charge in [0.25, 0.3) is 0 Å². The van der Waals surface area contributed by atoms with E-state index in [0.29, 0.717) is 0 Å². The Labute approximate surface area is 70.8 Å². The quantitative estimate of drug-likeness (QED) is 0.671. The Balaban J connectivity index is 2.15. The second kappa shape index (κ2) is 3.22. The molecular weight excluding hydrogens is 150 g/mol. The average Bonchev–Trinajstić information content (AvgIpc) is 2.59. The summed E-state index contributed by atoms with van der Waals surface area (Å²) in [7, 11) is 0. The smallest absolute Gasteiger partial charge is 0.141 e. The van der Waals surface area contributed by atoms with Gasteiger partial charge in [0.1, 0.15) is 5.76 Å². The van der Waals surface area contributed by atoms with E-state index in [1.165, 1.54) is 5.56 Å². The van der Waals surface area contributed by atoms with E-state index in [2.05, 4.69) is 17.3 Å².